The van der Waals surface area contributed by atoms with Crippen LogP contribution in [0.15, 0.2) is 0 Å². The lowest BCUT2D eigenvalue weighted by Gasteiger charge is -2.50. The number of aliphatic hydroxyl groups is 1. The highest BCUT2D eigenvalue weighted by Crippen LogP contribution is 2.32. The molecule has 1 N–H and O–H groups in total. The molecule has 13 heavy (non-hydrogen) atoms. The van der Waals surface area contributed by atoms with E-state index in [1.807, 2.05) is 6.92 Å². The molecule has 0 amide bonds. The number of nitrogens with zero attached hydrogens (tertiary/aromatic N) is 1. The number of hydrogen-bond acceptors (Lipinski definition) is 2. The molecule has 1 heterocycles. The van der Waals surface area contributed by atoms with Gasteiger partial charge in [-0.25, -0.2) is 0 Å². The van der Waals surface area contributed by atoms with Crippen molar-refractivity contribution < 1.29 is 5.11 Å². The van der Waals surface area contributed by atoms with E-state index < -0.39 is 0 Å². The van der Waals surface area contributed by atoms with Crippen molar-refractivity contribution in [3.05, 3.63) is 0 Å². The Hall–Kier alpha value is -0.0800. The van der Waals surface area contributed by atoms with Crippen LogP contribution in [0, 0.1) is 5.92 Å². The molecule has 1 saturated carbocycles. The van der Waals surface area contributed by atoms with E-state index >= 15 is 0 Å². The fourth-order valence-corrected chi connectivity index (χ4v) is 2.82. The lowest BCUT2D eigenvalue weighted by atomic mass is 9.83. The molecule has 2 heteroatoms. The van der Waals surface area contributed by atoms with E-state index in [1.54, 1.807) is 0 Å². The van der Waals surface area contributed by atoms with Crippen LogP contribution < -0.4 is 0 Å². The van der Waals surface area contributed by atoms with Gasteiger partial charge in [0.2, 0.25) is 0 Å². The summed E-state index contributed by atoms with van der Waals surface area (Å²) in [6.45, 7) is 6.08. The van der Waals surface area contributed by atoms with Gasteiger partial charge in [-0.1, -0.05) is 19.8 Å². The van der Waals surface area contributed by atoms with Crippen molar-refractivity contribution in [1.82, 2.24) is 4.90 Å². The molecule has 0 aromatic rings. The smallest absolute Gasteiger partial charge is 0.0872 e. The van der Waals surface area contributed by atoms with E-state index in [9.17, 15) is 5.11 Å². The second kappa shape index (κ2) is 3.25. The minimum atomic E-state index is -0.388. The van der Waals surface area contributed by atoms with Crippen LogP contribution in [0.2, 0.25) is 0 Å². The highest BCUT2D eigenvalue weighted by atomic mass is 16.3. The predicted octanol–water partition coefficient (Wildman–Crippen LogP) is 1.63. The van der Waals surface area contributed by atoms with Crippen molar-refractivity contribution in [3.63, 3.8) is 0 Å². The fraction of sp³-hybridized carbons (Fsp3) is 1.00. The maximum Gasteiger partial charge on any atom is 0.0872 e. The van der Waals surface area contributed by atoms with Crippen molar-refractivity contribution >= 4 is 0 Å². The average molecular weight is 183 g/mol. The van der Waals surface area contributed by atoms with Gasteiger partial charge < -0.3 is 5.11 Å². The molecule has 2 fully saturated rings. The summed E-state index contributed by atoms with van der Waals surface area (Å²) in [5.74, 6) is 0.893. The van der Waals surface area contributed by atoms with Gasteiger partial charge in [0.25, 0.3) is 0 Å². The van der Waals surface area contributed by atoms with Gasteiger partial charge >= 0.3 is 0 Å². The molecular formula is C11H21NO. The lowest BCUT2D eigenvalue weighted by Crippen LogP contribution is -2.63. The topological polar surface area (TPSA) is 23.5 Å². The van der Waals surface area contributed by atoms with E-state index in [0.717, 1.165) is 25.0 Å². The van der Waals surface area contributed by atoms with Crippen LogP contribution in [0.3, 0.4) is 0 Å². The SMILES string of the molecule is CC1CCCC(N2CC(C)(O)C2)C1. The second-order valence-corrected chi connectivity index (χ2v) is 5.33. The zero-order valence-electron chi connectivity index (χ0n) is 8.79. The third kappa shape index (κ3) is 2.05. The quantitative estimate of drug-likeness (QED) is 0.668. The Labute approximate surface area is 80.9 Å². The summed E-state index contributed by atoms with van der Waals surface area (Å²) < 4.78 is 0. The average Bonchev–Trinajstić information content (AvgIpc) is 2.00. The van der Waals surface area contributed by atoms with Gasteiger partial charge in [-0.2, -0.15) is 0 Å². The van der Waals surface area contributed by atoms with Crippen molar-refractivity contribution in [2.24, 2.45) is 5.92 Å². The van der Waals surface area contributed by atoms with Gasteiger partial charge in [0.1, 0.15) is 0 Å². The Morgan fingerprint density at radius 2 is 2.00 bits per heavy atom. The zero-order valence-corrected chi connectivity index (χ0v) is 8.79. The first-order valence-corrected chi connectivity index (χ1v) is 5.53. The second-order valence-electron chi connectivity index (χ2n) is 5.33. The third-order valence-electron chi connectivity index (χ3n) is 3.51. The molecule has 2 rings (SSSR count). The summed E-state index contributed by atoms with van der Waals surface area (Å²) in [5.41, 5.74) is -0.388. The fourth-order valence-electron chi connectivity index (χ4n) is 2.82. The molecule has 0 spiro atoms. The first-order valence-electron chi connectivity index (χ1n) is 5.53. The molecule has 2 aliphatic rings. The molecule has 1 aliphatic carbocycles. The Kier molecular flexibility index (Phi) is 2.37. The maximum atomic E-state index is 9.64. The molecule has 0 aromatic carbocycles. The van der Waals surface area contributed by atoms with Gasteiger partial charge in [-0.3, -0.25) is 4.90 Å². The van der Waals surface area contributed by atoms with Crippen molar-refractivity contribution in [1.29, 1.82) is 0 Å². The molecule has 76 valence electrons. The zero-order chi connectivity index (χ0) is 9.47. The normalized spacial score (nSPS) is 39.9. The van der Waals surface area contributed by atoms with Crippen LogP contribution in [0.25, 0.3) is 0 Å². The van der Waals surface area contributed by atoms with Crippen LogP contribution in [-0.4, -0.2) is 34.7 Å². The Bertz CT molecular complexity index is 183. The number of hydrogen-bond donors (Lipinski definition) is 1. The summed E-state index contributed by atoms with van der Waals surface area (Å²) in [4.78, 5) is 2.45. The molecule has 0 radical (unpaired) electrons. The van der Waals surface area contributed by atoms with E-state index in [4.69, 9.17) is 0 Å². The number of rotatable bonds is 1. The molecule has 2 nitrogen and oxygen atoms in total. The maximum absolute atomic E-state index is 9.64. The Balaban J connectivity index is 1.82. The Morgan fingerprint density at radius 1 is 1.31 bits per heavy atom. The standard InChI is InChI=1S/C11H21NO/c1-9-4-3-5-10(6-9)12-7-11(2,13)8-12/h9-10,13H,3-8H2,1-2H3. The van der Waals surface area contributed by atoms with E-state index in [-0.39, 0.29) is 5.60 Å². The van der Waals surface area contributed by atoms with Gasteiger partial charge in [0.15, 0.2) is 0 Å². The largest absolute Gasteiger partial charge is 0.388 e. The van der Waals surface area contributed by atoms with Crippen LogP contribution in [0.4, 0.5) is 0 Å². The van der Waals surface area contributed by atoms with E-state index in [2.05, 4.69) is 11.8 Å². The minimum absolute atomic E-state index is 0.388. The van der Waals surface area contributed by atoms with Gasteiger partial charge in [0.05, 0.1) is 5.60 Å². The summed E-state index contributed by atoms with van der Waals surface area (Å²) in [6, 6.07) is 0.768. The first-order chi connectivity index (χ1) is 6.07. The van der Waals surface area contributed by atoms with Crippen LogP contribution in [0.1, 0.15) is 39.5 Å². The van der Waals surface area contributed by atoms with Gasteiger partial charge in [-0.15, -0.1) is 0 Å². The molecular weight excluding hydrogens is 162 g/mol. The van der Waals surface area contributed by atoms with Crippen molar-refractivity contribution in [2.45, 2.75) is 51.2 Å². The monoisotopic (exact) mass is 183 g/mol. The Morgan fingerprint density at radius 3 is 2.54 bits per heavy atom. The van der Waals surface area contributed by atoms with Crippen LogP contribution >= 0.6 is 0 Å². The lowest BCUT2D eigenvalue weighted by molar-refractivity contribution is -0.109. The van der Waals surface area contributed by atoms with Gasteiger partial charge in [0, 0.05) is 19.1 Å². The number of likely N-dealkylation sites (tertiary alicyclic amines) is 1. The molecule has 2 unspecified atom stereocenters. The van der Waals surface area contributed by atoms with E-state index in [0.29, 0.717) is 0 Å². The summed E-state index contributed by atoms with van der Waals surface area (Å²) in [5, 5.41) is 9.64. The van der Waals surface area contributed by atoms with Gasteiger partial charge in [-0.05, 0) is 25.7 Å². The summed E-state index contributed by atoms with van der Waals surface area (Å²) >= 11 is 0. The first kappa shape index (κ1) is 9.47. The van der Waals surface area contributed by atoms with Crippen LogP contribution in [-0.2, 0) is 0 Å². The highest BCUT2D eigenvalue weighted by molar-refractivity contribution is 4.95. The molecule has 1 saturated heterocycles. The van der Waals surface area contributed by atoms with Crippen molar-refractivity contribution in [3.8, 4) is 0 Å². The molecule has 2 atom stereocenters. The molecule has 0 aromatic heterocycles. The van der Waals surface area contributed by atoms with Crippen LogP contribution in [0.5, 0.6) is 0 Å². The summed E-state index contributed by atoms with van der Waals surface area (Å²) in [6.07, 6.45) is 5.47. The third-order valence-corrected chi connectivity index (χ3v) is 3.51. The predicted molar refractivity (Wildman–Crippen MR) is 53.6 cm³/mol. The molecule has 0 bridgehead atoms. The highest BCUT2D eigenvalue weighted by Gasteiger charge is 2.40. The number of β-amino-alcohol motifs (C(OH)–C–C–N with tert-alkyl or cyclic N) is 1. The minimum Gasteiger partial charge on any atom is -0.388 e. The summed E-state index contributed by atoms with van der Waals surface area (Å²) in [7, 11) is 0. The molecule has 1 aliphatic heterocycles. The van der Waals surface area contributed by atoms with E-state index in [1.165, 1.54) is 25.7 Å². The van der Waals surface area contributed by atoms with Crippen molar-refractivity contribution in [2.75, 3.05) is 13.1 Å².